The fourth-order valence-electron chi connectivity index (χ4n) is 5.82. The minimum atomic E-state index is -4.62. The minimum absolute atomic E-state index is 0. The van der Waals surface area contributed by atoms with E-state index in [1.54, 1.807) is 6.20 Å². The Morgan fingerprint density at radius 1 is 1.09 bits per heavy atom. The van der Waals surface area contributed by atoms with Crippen molar-refractivity contribution in [2.45, 2.75) is 64.3 Å². The molecule has 1 aromatic carbocycles. The summed E-state index contributed by atoms with van der Waals surface area (Å²) in [4.78, 5) is 47.9. The Morgan fingerprint density at radius 2 is 1.87 bits per heavy atom. The van der Waals surface area contributed by atoms with Gasteiger partial charge in [-0.25, -0.2) is 19.8 Å². The van der Waals surface area contributed by atoms with E-state index in [4.69, 9.17) is 6.57 Å². The van der Waals surface area contributed by atoms with Crippen molar-refractivity contribution in [2.24, 2.45) is 0 Å². The molecule has 5 rings (SSSR count). The van der Waals surface area contributed by atoms with E-state index in [9.17, 15) is 27.9 Å². The van der Waals surface area contributed by atoms with E-state index in [-0.39, 0.29) is 71.2 Å². The molecule has 238 valence electrons. The van der Waals surface area contributed by atoms with Crippen LogP contribution in [0.5, 0.6) is 0 Å². The van der Waals surface area contributed by atoms with E-state index in [1.807, 2.05) is 11.8 Å². The smallest absolute Gasteiger partial charge is 0.550 e. The molecule has 0 saturated carbocycles. The first-order valence-corrected chi connectivity index (χ1v) is 15.6. The number of carbonyl (C=O) groups is 2. The normalized spacial score (nSPS) is 19.1. The van der Waals surface area contributed by atoms with Crippen molar-refractivity contribution in [1.29, 1.82) is 0 Å². The zero-order chi connectivity index (χ0) is 32.3. The summed E-state index contributed by atoms with van der Waals surface area (Å²) in [7, 11) is 0. The van der Waals surface area contributed by atoms with Crippen LogP contribution in [0.25, 0.3) is 16.1 Å². The number of carbonyl (C=O) groups excluding carboxylic acids is 2. The number of alkyl halides is 3. The maximum absolute atomic E-state index is 13.7. The predicted octanol–water partition coefficient (Wildman–Crippen LogP) is 1.23. The second-order valence-corrected chi connectivity index (χ2v) is 12.7. The standard InChI is InChI=1S/C31H34F3N7O3S.Na/c1-19-5-4-7-40(19)18-26-30(21-11-22(31(32,33)34)13-23(12-21)35-3)38-28(45-26)14-25(42)24-15-37-27(16-36-24)41-10-9-39(20(2)17-41)8-6-29(43)44;/h11-13,15-16,19-20H,4-10,14,17-18H2,1-2H3,(H,43,44);/q;+1/p-1/t19-,20+;/m1./s1. The van der Waals surface area contributed by atoms with Gasteiger partial charge < -0.3 is 14.8 Å². The van der Waals surface area contributed by atoms with Gasteiger partial charge in [0.25, 0.3) is 0 Å². The van der Waals surface area contributed by atoms with E-state index in [0.717, 1.165) is 36.4 Å². The Bertz CT molecular complexity index is 1600. The summed E-state index contributed by atoms with van der Waals surface area (Å²) >= 11 is 1.29. The maximum atomic E-state index is 13.7. The van der Waals surface area contributed by atoms with Crippen molar-refractivity contribution in [3.63, 3.8) is 0 Å². The number of hydrogen-bond donors (Lipinski definition) is 0. The summed E-state index contributed by atoms with van der Waals surface area (Å²) < 4.78 is 41.0. The molecule has 2 aliphatic heterocycles. The number of carboxylic acid groups (broad SMARTS) is 1. The monoisotopic (exact) mass is 663 g/mol. The number of nitrogens with zero attached hydrogens (tertiary/aromatic N) is 7. The van der Waals surface area contributed by atoms with E-state index in [2.05, 4.69) is 36.5 Å². The number of aromatic nitrogens is 3. The summed E-state index contributed by atoms with van der Waals surface area (Å²) in [6.45, 7) is 15.1. The number of carboxylic acids is 1. The van der Waals surface area contributed by atoms with Crippen LogP contribution in [0.15, 0.2) is 30.6 Å². The van der Waals surface area contributed by atoms with E-state index in [0.29, 0.717) is 55.3 Å². The van der Waals surface area contributed by atoms with E-state index < -0.39 is 17.7 Å². The molecule has 10 nitrogen and oxygen atoms in total. The quantitative estimate of drug-likeness (QED) is 0.180. The van der Waals surface area contributed by atoms with Gasteiger partial charge in [0.05, 0.1) is 31.1 Å². The van der Waals surface area contributed by atoms with Gasteiger partial charge in [-0.1, -0.05) is 0 Å². The van der Waals surface area contributed by atoms with E-state index >= 15 is 0 Å². The molecule has 2 aliphatic rings. The molecule has 0 amide bonds. The molecule has 3 aromatic rings. The molecule has 0 N–H and O–H groups in total. The number of ketones is 1. The zero-order valence-corrected chi connectivity index (χ0v) is 28.8. The van der Waals surface area contributed by atoms with Crippen LogP contribution in [0.3, 0.4) is 0 Å². The van der Waals surface area contributed by atoms with Crippen LogP contribution in [0.2, 0.25) is 0 Å². The van der Waals surface area contributed by atoms with Crippen LogP contribution in [-0.2, 0) is 23.9 Å². The van der Waals surface area contributed by atoms with Gasteiger partial charge in [0.15, 0.2) is 11.5 Å². The van der Waals surface area contributed by atoms with Crippen LogP contribution in [0.1, 0.15) is 59.0 Å². The molecule has 0 aliphatic carbocycles. The Morgan fingerprint density at radius 3 is 2.48 bits per heavy atom. The number of thiazole rings is 1. The number of benzene rings is 1. The summed E-state index contributed by atoms with van der Waals surface area (Å²) in [5.41, 5.74) is -0.339. The van der Waals surface area contributed by atoms with Gasteiger partial charge in [0, 0.05) is 61.2 Å². The van der Waals surface area contributed by atoms with Crippen molar-refractivity contribution < 1.29 is 57.4 Å². The Balaban J connectivity index is 0.00000480. The second-order valence-electron chi connectivity index (χ2n) is 11.5. The van der Waals surface area contributed by atoms with Crippen molar-refractivity contribution in [2.75, 3.05) is 37.6 Å². The molecule has 2 fully saturated rings. The summed E-state index contributed by atoms with van der Waals surface area (Å²) in [5, 5.41) is 11.3. The number of aliphatic carboxylic acids is 1. The van der Waals surface area contributed by atoms with Gasteiger partial charge in [-0.3, -0.25) is 14.6 Å². The third-order valence-electron chi connectivity index (χ3n) is 8.35. The van der Waals surface area contributed by atoms with Crippen molar-refractivity contribution in [1.82, 2.24) is 24.8 Å². The molecule has 2 atom stereocenters. The Hall–Kier alpha value is -2.93. The average Bonchev–Trinajstić information content (AvgIpc) is 3.60. The molecule has 4 heterocycles. The molecule has 15 heteroatoms. The molecule has 0 unspecified atom stereocenters. The van der Waals surface area contributed by atoms with Crippen LogP contribution in [0.4, 0.5) is 24.7 Å². The first kappa shape index (κ1) is 35.9. The van der Waals surface area contributed by atoms with Gasteiger partial charge in [0.1, 0.15) is 16.5 Å². The van der Waals surface area contributed by atoms with Gasteiger partial charge in [0.2, 0.25) is 0 Å². The molecule has 0 spiro atoms. The fourth-order valence-corrected chi connectivity index (χ4v) is 6.94. The third-order valence-corrected chi connectivity index (χ3v) is 9.39. The number of Topliss-reactive ketones (excluding diaryl/α,β-unsaturated/α-hetero) is 1. The van der Waals surface area contributed by atoms with Crippen LogP contribution >= 0.6 is 11.3 Å². The molecule has 46 heavy (non-hydrogen) atoms. The predicted molar refractivity (Wildman–Crippen MR) is 161 cm³/mol. The summed E-state index contributed by atoms with van der Waals surface area (Å²) in [6, 6.07) is 3.66. The molecule has 2 saturated heterocycles. The number of halogens is 3. The number of piperazine rings is 1. The van der Waals surface area contributed by atoms with Crippen LogP contribution in [-0.4, -0.2) is 81.3 Å². The second kappa shape index (κ2) is 15.3. The van der Waals surface area contributed by atoms with Gasteiger partial charge in [-0.05, 0) is 63.4 Å². The number of rotatable bonds is 10. The van der Waals surface area contributed by atoms with Gasteiger partial charge in [-0.15, -0.1) is 11.3 Å². The molecule has 0 radical (unpaired) electrons. The third kappa shape index (κ3) is 8.70. The SMILES string of the molecule is [C-]#[N+]c1cc(-c2nc(CC(=O)c3cnc(N4CCN(CCC(=O)[O-])[C@@H](C)C4)cn3)sc2CN2CCC[C@H]2C)cc(C(F)(F)F)c1.[Na+]. The average molecular weight is 664 g/mol. The first-order valence-electron chi connectivity index (χ1n) is 14.8. The topological polar surface area (TPSA) is 110 Å². The van der Waals surface area contributed by atoms with Crippen molar-refractivity contribution in [3.05, 3.63) is 63.2 Å². The molecular formula is C31H33F3N7NaO3S. The summed E-state index contributed by atoms with van der Waals surface area (Å²) in [6.07, 6.45) is 0.267. The number of likely N-dealkylation sites (tertiary alicyclic amines) is 1. The number of anilines is 1. The Labute approximate surface area is 291 Å². The van der Waals surface area contributed by atoms with Crippen molar-refractivity contribution >= 4 is 34.6 Å². The molecule has 0 bridgehead atoms. The number of hydrogen-bond acceptors (Lipinski definition) is 10. The largest absolute Gasteiger partial charge is 1.00 e. The van der Waals surface area contributed by atoms with Gasteiger partial charge >= 0.3 is 35.7 Å². The fraction of sp³-hybridized carbons (Fsp3) is 0.484. The summed E-state index contributed by atoms with van der Waals surface area (Å²) in [5.74, 6) is -0.787. The van der Waals surface area contributed by atoms with Crippen molar-refractivity contribution in [3.8, 4) is 11.3 Å². The Kier molecular flexibility index (Phi) is 12.0. The minimum Gasteiger partial charge on any atom is -0.550 e. The molecule has 2 aromatic heterocycles. The maximum Gasteiger partial charge on any atom is 1.00 e. The van der Waals surface area contributed by atoms with Crippen LogP contribution in [0, 0.1) is 6.57 Å². The van der Waals surface area contributed by atoms with Crippen LogP contribution < -0.4 is 39.6 Å². The van der Waals surface area contributed by atoms with E-state index in [1.165, 1.54) is 23.6 Å². The molecular weight excluding hydrogens is 630 g/mol. The van der Waals surface area contributed by atoms with Gasteiger partial charge in [-0.2, -0.15) is 13.2 Å². The zero-order valence-electron chi connectivity index (χ0n) is 26.0. The first-order chi connectivity index (χ1) is 21.4.